The van der Waals surface area contributed by atoms with E-state index in [0.29, 0.717) is 22.3 Å². The van der Waals surface area contributed by atoms with Gasteiger partial charge in [-0.3, -0.25) is 29.4 Å². The Kier molecular flexibility index (Phi) is 5.65. The number of hydrogen-bond donors (Lipinski definition) is 1. The summed E-state index contributed by atoms with van der Waals surface area (Å²) in [7, 11) is 0. The number of carbonyl (C=O) groups excluding carboxylic acids is 3. The molecule has 3 aromatic rings. The summed E-state index contributed by atoms with van der Waals surface area (Å²) in [5.41, 5.74) is 2.67. The van der Waals surface area contributed by atoms with E-state index in [2.05, 4.69) is 5.32 Å². The first-order valence-electron chi connectivity index (χ1n) is 12.5. The number of alkyl halides is 2. The number of rotatable bonds is 5. The van der Waals surface area contributed by atoms with Gasteiger partial charge in [0.15, 0.2) is 0 Å². The number of nitrogens with zero attached hydrogens (tertiary/aromatic N) is 2. The number of non-ortho nitro benzene ring substituents is 1. The third kappa shape index (κ3) is 3.28. The molecule has 8 nitrogen and oxygen atoms in total. The van der Waals surface area contributed by atoms with Crippen LogP contribution in [0, 0.1) is 27.9 Å². The van der Waals surface area contributed by atoms with Gasteiger partial charge in [-0.05, 0) is 34.2 Å². The van der Waals surface area contributed by atoms with Crippen molar-refractivity contribution in [3.05, 3.63) is 105 Å². The molecular weight excluding hydrogens is 541 g/mol. The predicted octanol–water partition coefficient (Wildman–Crippen LogP) is 5.15. The fourth-order valence-corrected chi connectivity index (χ4v) is 7.69. The maximum Gasteiger partial charge on any atom is 0.271 e. The molecule has 0 radical (unpaired) electrons. The largest absolute Gasteiger partial charge is 0.324 e. The van der Waals surface area contributed by atoms with Crippen LogP contribution in [0.3, 0.4) is 0 Å². The van der Waals surface area contributed by atoms with Crippen molar-refractivity contribution < 1.29 is 19.3 Å². The number of halogens is 2. The summed E-state index contributed by atoms with van der Waals surface area (Å²) in [6.07, 6.45) is 0. The lowest BCUT2D eigenvalue weighted by Crippen LogP contribution is -2.57. The first-order chi connectivity index (χ1) is 18.5. The molecular formula is C29H23Cl2N3O5. The molecule has 0 saturated carbocycles. The molecule has 1 fully saturated rings. The summed E-state index contributed by atoms with van der Waals surface area (Å²) in [6, 6.07) is 18.9. The van der Waals surface area contributed by atoms with Crippen LogP contribution in [0.5, 0.6) is 0 Å². The zero-order valence-electron chi connectivity index (χ0n) is 20.9. The van der Waals surface area contributed by atoms with E-state index in [1.807, 2.05) is 48.5 Å². The molecule has 0 spiro atoms. The molecule has 3 amide bonds. The Morgan fingerprint density at radius 1 is 0.872 bits per heavy atom. The average molecular weight is 564 g/mol. The normalized spacial score (nSPS) is 27.2. The van der Waals surface area contributed by atoms with E-state index in [1.54, 1.807) is 13.8 Å². The van der Waals surface area contributed by atoms with E-state index < -0.39 is 56.2 Å². The van der Waals surface area contributed by atoms with Crippen molar-refractivity contribution in [1.82, 2.24) is 4.90 Å². The minimum absolute atomic E-state index is 0.180. The molecule has 3 aromatic carbocycles. The van der Waals surface area contributed by atoms with Crippen molar-refractivity contribution >= 4 is 52.3 Å². The highest BCUT2D eigenvalue weighted by Gasteiger charge is 2.73. The fourth-order valence-electron chi connectivity index (χ4n) is 6.59. The van der Waals surface area contributed by atoms with Crippen LogP contribution in [0.1, 0.15) is 36.1 Å². The number of nitrogens with one attached hydrogen (secondary N) is 1. The number of anilines is 1. The highest BCUT2D eigenvalue weighted by atomic mass is 35.5. The maximum atomic E-state index is 14.2. The Bertz CT molecular complexity index is 1470. The molecule has 7 rings (SSSR count). The van der Waals surface area contributed by atoms with Crippen molar-refractivity contribution in [2.45, 2.75) is 29.6 Å². The van der Waals surface area contributed by atoms with Crippen molar-refractivity contribution in [2.24, 2.45) is 17.8 Å². The Balaban J connectivity index is 1.46. The Hall–Kier alpha value is -3.75. The second kappa shape index (κ2) is 8.63. The summed E-state index contributed by atoms with van der Waals surface area (Å²) >= 11 is 14.9. The van der Waals surface area contributed by atoms with E-state index in [-0.39, 0.29) is 11.4 Å². The second-order valence-corrected chi connectivity index (χ2v) is 11.7. The summed E-state index contributed by atoms with van der Waals surface area (Å²) in [5, 5.41) is 13.9. The van der Waals surface area contributed by atoms with Crippen LogP contribution in [-0.4, -0.2) is 33.6 Å². The monoisotopic (exact) mass is 563 g/mol. The van der Waals surface area contributed by atoms with E-state index in [0.717, 1.165) is 4.90 Å². The number of nitro groups is 1. The van der Waals surface area contributed by atoms with Gasteiger partial charge in [0, 0.05) is 17.8 Å². The minimum atomic E-state index is -1.35. The van der Waals surface area contributed by atoms with Gasteiger partial charge in [-0.1, -0.05) is 68.4 Å². The summed E-state index contributed by atoms with van der Waals surface area (Å²) < 4.78 is 0. The number of hydrogen-bond acceptors (Lipinski definition) is 5. The molecule has 1 heterocycles. The smallest absolute Gasteiger partial charge is 0.271 e. The van der Waals surface area contributed by atoms with E-state index in [9.17, 15) is 24.5 Å². The molecule has 0 unspecified atom stereocenters. The number of carbonyl (C=O) groups is 3. The van der Waals surface area contributed by atoms with Gasteiger partial charge in [0.05, 0.1) is 16.8 Å². The van der Waals surface area contributed by atoms with E-state index in [4.69, 9.17) is 23.2 Å². The standard InChI is InChI=1S/C29H23Cl2N3O5/c1-15(2)24(25(35)32-16-8-7-9-17(14-16)34(38)39)33-26(36)22-23(27(33)37)29(31)19-11-4-3-10-18(19)28(22,30)20-12-5-6-13-21(20)29/h3-15,22-24H,1-2H3,(H,32,35)/t22-,23-,24-,28?,29?/m0/s1. The molecule has 1 N–H and O–H groups in total. The number of amides is 3. The molecule has 0 aromatic heterocycles. The lowest BCUT2D eigenvalue weighted by Gasteiger charge is -2.54. The minimum Gasteiger partial charge on any atom is -0.324 e. The Labute approximate surface area is 234 Å². The maximum absolute atomic E-state index is 14.2. The van der Waals surface area contributed by atoms with Crippen molar-refractivity contribution in [3.8, 4) is 0 Å². The highest BCUT2D eigenvalue weighted by Crippen LogP contribution is 2.69. The molecule has 1 aliphatic heterocycles. The topological polar surface area (TPSA) is 110 Å². The molecule has 198 valence electrons. The molecule has 10 heteroatoms. The van der Waals surface area contributed by atoms with E-state index >= 15 is 0 Å². The van der Waals surface area contributed by atoms with Crippen LogP contribution in [0.4, 0.5) is 11.4 Å². The van der Waals surface area contributed by atoms with Gasteiger partial charge in [-0.25, -0.2) is 0 Å². The van der Waals surface area contributed by atoms with Gasteiger partial charge in [-0.15, -0.1) is 23.2 Å². The first-order valence-corrected chi connectivity index (χ1v) is 13.3. The zero-order valence-corrected chi connectivity index (χ0v) is 22.4. The van der Waals surface area contributed by atoms with Crippen molar-refractivity contribution in [1.29, 1.82) is 0 Å². The number of likely N-dealkylation sites (tertiary alicyclic amines) is 1. The molecule has 1 saturated heterocycles. The van der Waals surface area contributed by atoms with Crippen LogP contribution >= 0.6 is 23.2 Å². The van der Waals surface area contributed by atoms with Gasteiger partial charge in [0.2, 0.25) is 17.7 Å². The molecule has 2 bridgehead atoms. The van der Waals surface area contributed by atoms with Crippen LogP contribution in [0.2, 0.25) is 0 Å². The van der Waals surface area contributed by atoms with Crippen molar-refractivity contribution in [3.63, 3.8) is 0 Å². The van der Waals surface area contributed by atoms with E-state index in [1.165, 1.54) is 24.3 Å². The Morgan fingerprint density at radius 3 is 1.74 bits per heavy atom. The number of nitro benzene ring substituents is 1. The summed E-state index contributed by atoms with van der Waals surface area (Å²) in [4.78, 5) is 51.0. The highest BCUT2D eigenvalue weighted by molar-refractivity contribution is 6.36. The Morgan fingerprint density at radius 2 is 1.33 bits per heavy atom. The SMILES string of the molecule is CC(C)[C@@H](C(=O)Nc1cccc([N+](=O)[O-])c1)N1C(=O)[C@@H]2[C@@H](C1=O)C1(Cl)c3ccccc3C2(Cl)c2ccccc21. The lowest BCUT2D eigenvalue weighted by molar-refractivity contribution is -0.384. The number of imide groups is 1. The predicted molar refractivity (Wildman–Crippen MR) is 145 cm³/mol. The molecule has 3 atom stereocenters. The van der Waals surface area contributed by atoms with Crippen LogP contribution in [0.25, 0.3) is 0 Å². The van der Waals surface area contributed by atoms with Gasteiger partial charge in [0.1, 0.15) is 15.8 Å². The quantitative estimate of drug-likeness (QED) is 0.200. The van der Waals surface area contributed by atoms with Gasteiger partial charge < -0.3 is 5.32 Å². The third-order valence-corrected chi connectivity index (χ3v) is 9.41. The second-order valence-electron chi connectivity index (χ2n) is 10.5. The lowest BCUT2D eigenvalue weighted by atomic mass is 9.54. The summed E-state index contributed by atoms with van der Waals surface area (Å²) in [6.45, 7) is 3.45. The van der Waals surface area contributed by atoms with Crippen LogP contribution in [-0.2, 0) is 24.1 Å². The van der Waals surface area contributed by atoms with Gasteiger partial charge >= 0.3 is 0 Å². The molecule has 3 aliphatic carbocycles. The third-order valence-electron chi connectivity index (χ3n) is 8.12. The first kappa shape index (κ1) is 25.5. The molecule has 39 heavy (non-hydrogen) atoms. The number of benzene rings is 3. The zero-order chi connectivity index (χ0) is 27.9. The van der Waals surface area contributed by atoms with Crippen LogP contribution in [0.15, 0.2) is 72.8 Å². The van der Waals surface area contributed by atoms with Crippen molar-refractivity contribution in [2.75, 3.05) is 5.32 Å². The summed E-state index contributed by atoms with van der Waals surface area (Å²) in [5.74, 6) is -4.30. The van der Waals surface area contributed by atoms with Gasteiger partial charge in [-0.2, -0.15) is 0 Å². The molecule has 4 aliphatic rings. The van der Waals surface area contributed by atoms with Crippen LogP contribution < -0.4 is 5.32 Å². The average Bonchev–Trinajstić information content (AvgIpc) is 3.18. The fraction of sp³-hybridized carbons (Fsp3) is 0.276. The van der Waals surface area contributed by atoms with Gasteiger partial charge in [0.25, 0.3) is 5.69 Å².